The average Bonchev–Trinajstić information content (AvgIpc) is 3.20. The van der Waals surface area contributed by atoms with Gasteiger partial charge in [0.25, 0.3) is 5.91 Å². The minimum absolute atomic E-state index is 0.0383. The van der Waals surface area contributed by atoms with Gasteiger partial charge in [-0.2, -0.15) is 0 Å². The van der Waals surface area contributed by atoms with Crippen LogP contribution in [-0.4, -0.2) is 45.6 Å². The van der Waals surface area contributed by atoms with Gasteiger partial charge < -0.3 is 5.32 Å². The summed E-state index contributed by atoms with van der Waals surface area (Å²) < 4.78 is 0. The number of carbonyl (C=O) groups is 2. The molecule has 7 heteroatoms. The molecular formula is C26H30N4O2S. The molecule has 2 aliphatic rings. The number of fused-ring (bicyclic) bond motifs is 3. The number of nitrogens with zero attached hydrogens (tertiary/aromatic N) is 3. The van der Waals surface area contributed by atoms with Gasteiger partial charge in [-0.05, 0) is 36.5 Å². The first-order valence-electron chi connectivity index (χ1n) is 11.6. The largest absolute Gasteiger partial charge is 0.355 e. The summed E-state index contributed by atoms with van der Waals surface area (Å²) in [4.78, 5) is 37.5. The molecule has 0 unspecified atom stereocenters. The second kappa shape index (κ2) is 10.3. The van der Waals surface area contributed by atoms with E-state index in [1.807, 2.05) is 49.4 Å². The Balaban J connectivity index is 1.52. The van der Waals surface area contributed by atoms with E-state index in [1.165, 1.54) is 17.3 Å². The fraction of sp³-hybridized carbons (Fsp3) is 0.385. The molecule has 0 saturated heterocycles. The molecule has 0 radical (unpaired) electrons. The maximum Gasteiger partial charge on any atom is 0.259 e. The molecule has 0 saturated carbocycles. The van der Waals surface area contributed by atoms with Gasteiger partial charge in [-0.15, -0.1) is 0 Å². The van der Waals surface area contributed by atoms with Crippen molar-refractivity contribution in [3.63, 3.8) is 0 Å². The predicted octanol–water partition coefficient (Wildman–Crippen LogP) is 4.56. The SMILES string of the molecule is CC[C@H](SC1=Nc2ccccc2C2=N[C@@H]([C@@H](C)CC)C(=O)N12)C(=O)NCCc1ccccc1. The summed E-state index contributed by atoms with van der Waals surface area (Å²) in [5.74, 6) is 0.693. The molecule has 2 heterocycles. The highest BCUT2D eigenvalue weighted by molar-refractivity contribution is 8.15. The van der Waals surface area contributed by atoms with Crippen molar-refractivity contribution in [2.75, 3.05) is 6.54 Å². The van der Waals surface area contributed by atoms with Crippen LogP contribution < -0.4 is 5.32 Å². The van der Waals surface area contributed by atoms with Gasteiger partial charge in [0.15, 0.2) is 5.17 Å². The number of hydrogen-bond acceptors (Lipinski definition) is 5. The van der Waals surface area contributed by atoms with Crippen molar-refractivity contribution < 1.29 is 9.59 Å². The Hall–Kier alpha value is -2.93. The van der Waals surface area contributed by atoms with E-state index in [1.54, 1.807) is 4.90 Å². The fourth-order valence-corrected chi connectivity index (χ4v) is 5.02. The summed E-state index contributed by atoms with van der Waals surface area (Å²) in [5, 5.41) is 3.24. The van der Waals surface area contributed by atoms with Crippen LogP contribution in [0.1, 0.15) is 44.7 Å². The zero-order valence-corrected chi connectivity index (χ0v) is 20.1. The number of para-hydroxylation sites is 1. The van der Waals surface area contributed by atoms with Crippen molar-refractivity contribution in [3.05, 3.63) is 65.7 Å². The number of amides is 2. The summed E-state index contributed by atoms with van der Waals surface area (Å²) in [7, 11) is 0. The number of hydrogen-bond donors (Lipinski definition) is 1. The monoisotopic (exact) mass is 462 g/mol. The van der Waals surface area contributed by atoms with Gasteiger partial charge >= 0.3 is 0 Å². The second-order valence-corrected chi connectivity index (χ2v) is 9.58. The Labute approximate surface area is 199 Å². The first-order chi connectivity index (χ1) is 16.0. The van der Waals surface area contributed by atoms with Gasteiger partial charge in [0, 0.05) is 12.1 Å². The molecule has 2 aliphatic heterocycles. The van der Waals surface area contributed by atoms with E-state index in [0.717, 1.165) is 24.1 Å². The highest BCUT2D eigenvalue weighted by Gasteiger charge is 2.43. The van der Waals surface area contributed by atoms with Gasteiger partial charge in [-0.3, -0.25) is 14.6 Å². The number of benzene rings is 2. The van der Waals surface area contributed by atoms with Crippen molar-refractivity contribution in [2.45, 2.75) is 51.3 Å². The number of carbonyl (C=O) groups excluding carboxylic acids is 2. The zero-order chi connectivity index (χ0) is 23.4. The van der Waals surface area contributed by atoms with Crippen LogP contribution in [0.2, 0.25) is 0 Å². The Morgan fingerprint density at radius 2 is 1.82 bits per heavy atom. The van der Waals surface area contributed by atoms with Crippen molar-refractivity contribution >= 4 is 40.3 Å². The summed E-state index contributed by atoms with van der Waals surface area (Å²) in [6, 6.07) is 17.4. The standard InChI is InChI=1S/C26H30N4O2S/c1-4-17(3)22-25(32)30-23(29-22)19-13-9-10-14-20(19)28-26(30)33-21(5-2)24(31)27-16-15-18-11-7-6-8-12-18/h6-14,17,21-22H,4-5,15-16H2,1-3H3,(H,27,31)/t17-,21-,22-/m0/s1. The Morgan fingerprint density at radius 1 is 1.09 bits per heavy atom. The third-order valence-corrected chi connectivity index (χ3v) is 7.47. The van der Waals surface area contributed by atoms with Gasteiger partial charge in [-0.25, -0.2) is 9.89 Å². The molecule has 2 aromatic carbocycles. The molecular weight excluding hydrogens is 432 g/mol. The molecule has 6 nitrogen and oxygen atoms in total. The van der Waals surface area contributed by atoms with Crippen molar-refractivity contribution in [1.29, 1.82) is 0 Å². The van der Waals surface area contributed by atoms with Crippen LogP contribution in [0.3, 0.4) is 0 Å². The fourth-order valence-electron chi connectivity index (χ4n) is 3.98. The summed E-state index contributed by atoms with van der Waals surface area (Å²) in [6.45, 7) is 6.67. The predicted molar refractivity (Wildman–Crippen MR) is 135 cm³/mol. The zero-order valence-electron chi connectivity index (χ0n) is 19.3. The van der Waals surface area contributed by atoms with Crippen LogP contribution in [0.25, 0.3) is 0 Å². The lowest BCUT2D eigenvalue weighted by Gasteiger charge is -2.27. The Bertz CT molecular complexity index is 1080. The number of thioether (sulfide) groups is 1. The van der Waals surface area contributed by atoms with Gasteiger partial charge in [0.2, 0.25) is 5.91 Å². The number of nitrogens with one attached hydrogen (secondary N) is 1. The lowest BCUT2D eigenvalue weighted by atomic mass is 10.00. The lowest BCUT2D eigenvalue weighted by Crippen LogP contribution is -2.44. The van der Waals surface area contributed by atoms with Gasteiger partial charge in [-0.1, -0.05) is 81.4 Å². The minimum atomic E-state index is -0.415. The van der Waals surface area contributed by atoms with E-state index in [2.05, 4.69) is 31.3 Å². The number of amidine groups is 2. The van der Waals surface area contributed by atoms with Crippen LogP contribution in [0.4, 0.5) is 5.69 Å². The molecule has 2 amide bonds. The van der Waals surface area contributed by atoms with Gasteiger partial charge in [0.05, 0.1) is 10.9 Å². The van der Waals surface area contributed by atoms with E-state index < -0.39 is 6.04 Å². The van der Waals surface area contributed by atoms with Crippen molar-refractivity contribution in [1.82, 2.24) is 10.2 Å². The van der Waals surface area contributed by atoms with Crippen LogP contribution >= 0.6 is 11.8 Å². The van der Waals surface area contributed by atoms with Gasteiger partial charge in [0.1, 0.15) is 11.9 Å². The van der Waals surface area contributed by atoms with Crippen LogP contribution in [0.5, 0.6) is 0 Å². The van der Waals surface area contributed by atoms with E-state index in [9.17, 15) is 9.59 Å². The summed E-state index contributed by atoms with van der Waals surface area (Å²) in [6.07, 6.45) is 2.27. The third-order valence-electron chi connectivity index (χ3n) is 6.15. The molecule has 0 spiro atoms. The van der Waals surface area contributed by atoms with E-state index in [0.29, 0.717) is 24.0 Å². The molecule has 4 rings (SSSR count). The van der Waals surface area contributed by atoms with Crippen LogP contribution in [-0.2, 0) is 16.0 Å². The molecule has 0 fully saturated rings. The van der Waals surface area contributed by atoms with E-state index in [4.69, 9.17) is 9.98 Å². The minimum Gasteiger partial charge on any atom is -0.355 e. The maximum absolute atomic E-state index is 13.3. The first kappa shape index (κ1) is 23.2. The molecule has 33 heavy (non-hydrogen) atoms. The quantitative estimate of drug-likeness (QED) is 0.625. The topological polar surface area (TPSA) is 74.1 Å². The highest BCUT2D eigenvalue weighted by Crippen LogP contribution is 2.36. The first-order valence-corrected chi connectivity index (χ1v) is 12.5. The van der Waals surface area contributed by atoms with Crippen LogP contribution in [0, 0.1) is 5.92 Å². The molecule has 1 N–H and O–H groups in total. The molecule has 0 bridgehead atoms. The maximum atomic E-state index is 13.3. The third kappa shape index (κ3) is 4.88. The molecule has 0 aromatic heterocycles. The van der Waals surface area contributed by atoms with E-state index >= 15 is 0 Å². The number of aliphatic imine (C=N–C) groups is 2. The molecule has 0 aliphatic carbocycles. The molecule has 3 atom stereocenters. The second-order valence-electron chi connectivity index (χ2n) is 8.41. The van der Waals surface area contributed by atoms with Crippen LogP contribution in [0.15, 0.2) is 64.6 Å². The molecule has 2 aromatic rings. The Kier molecular flexibility index (Phi) is 7.28. The Morgan fingerprint density at radius 3 is 2.55 bits per heavy atom. The summed E-state index contributed by atoms with van der Waals surface area (Å²) >= 11 is 1.35. The highest BCUT2D eigenvalue weighted by atomic mass is 32.2. The van der Waals surface area contributed by atoms with E-state index in [-0.39, 0.29) is 23.0 Å². The smallest absolute Gasteiger partial charge is 0.259 e. The lowest BCUT2D eigenvalue weighted by molar-refractivity contribution is -0.125. The number of rotatable bonds is 8. The average molecular weight is 463 g/mol. The molecule has 172 valence electrons. The summed E-state index contributed by atoms with van der Waals surface area (Å²) in [5.41, 5.74) is 2.83. The normalized spacial score (nSPS) is 18.7. The van der Waals surface area contributed by atoms with Crippen molar-refractivity contribution in [2.24, 2.45) is 15.9 Å². The van der Waals surface area contributed by atoms with Crippen molar-refractivity contribution in [3.8, 4) is 0 Å².